The molecule has 3 rings (SSSR count). The van der Waals surface area contributed by atoms with Crippen LogP contribution in [0, 0.1) is 0 Å². The summed E-state index contributed by atoms with van der Waals surface area (Å²) in [6, 6.07) is 10.5. The van der Waals surface area contributed by atoms with Crippen LogP contribution in [0.3, 0.4) is 0 Å². The molecule has 1 unspecified atom stereocenters. The SMILES string of the molecule is CCC(CNC(=NC)NCc1nnc2ccccn12)Oc1cccc(C(F)(F)F)c1. The molecule has 2 heterocycles. The van der Waals surface area contributed by atoms with E-state index in [9.17, 15) is 13.2 Å². The smallest absolute Gasteiger partial charge is 0.416 e. The van der Waals surface area contributed by atoms with Crippen LogP contribution in [-0.2, 0) is 12.7 Å². The van der Waals surface area contributed by atoms with Crippen molar-refractivity contribution in [2.24, 2.45) is 4.99 Å². The summed E-state index contributed by atoms with van der Waals surface area (Å²) < 4.78 is 46.2. The van der Waals surface area contributed by atoms with Gasteiger partial charge in [-0.1, -0.05) is 19.1 Å². The molecule has 0 bridgehead atoms. The molecular weight excluding hydrogens is 397 g/mol. The fraction of sp³-hybridized carbons (Fsp3) is 0.350. The number of nitrogens with zero attached hydrogens (tertiary/aromatic N) is 4. The highest BCUT2D eigenvalue weighted by Gasteiger charge is 2.30. The molecule has 0 spiro atoms. The van der Waals surface area contributed by atoms with Gasteiger partial charge in [-0.15, -0.1) is 10.2 Å². The van der Waals surface area contributed by atoms with E-state index in [0.29, 0.717) is 25.5 Å². The van der Waals surface area contributed by atoms with E-state index in [-0.39, 0.29) is 11.9 Å². The van der Waals surface area contributed by atoms with Gasteiger partial charge in [0.25, 0.3) is 0 Å². The second-order valence-electron chi connectivity index (χ2n) is 6.53. The maximum atomic E-state index is 12.9. The van der Waals surface area contributed by atoms with Crippen molar-refractivity contribution in [2.75, 3.05) is 13.6 Å². The number of nitrogens with one attached hydrogen (secondary N) is 2. The highest BCUT2D eigenvalue weighted by Crippen LogP contribution is 2.31. The van der Waals surface area contributed by atoms with E-state index in [4.69, 9.17) is 4.74 Å². The Morgan fingerprint density at radius 3 is 2.73 bits per heavy atom. The van der Waals surface area contributed by atoms with Gasteiger partial charge in [-0.3, -0.25) is 9.39 Å². The van der Waals surface area contributed by atoms with Gasteiger partial charge in [0.2, 0.25) is 0 Å². The van der Waals surface area contributed by atoms with E-state index in [1.807, 2.05) is 35.7 Å². The summed E-state index contributed by atoms with van der Waals surface area (Å²) in [5.74, 6) is 1.42. The Kier molecular flexibility index (Phi) is 6.76. The first kappa shape index (κ1) is 21.4. The first-order valence-corrected chi connectivity index (χ1v) is 9.47. The van der Waals surface area contributed by atoms with Crippen molar-refractivity contribution in [3.05, 3.63) is 60.0 Å². The lowest BCUT2D eigenvalue weighted by Crippen LogP contribution is -2.42. The molecule has 2 N–H and O–H groups in total. The molecule has 0 aliphatic carbocycles. The zero-order chi connectivity index (χ0) is 21.6. The quantitative estimate of drug-likeness (QED) is 0.453. The van der Waals surface area contributed by atoms with E-state index in [1.165, 1.54) is 12.1 Å². The third-order valence-corrected chi connectivity index (χ3v) is 4.44. The number of alkyl halides is 3. The molecule has 0 amide bonds. The Morgan fingerprint density at radius 1 is 1.17 bits per heavy atom. The van der Waals surface area contributed by atoms with Crippen LogP contribution in [0.4, 0.5) is 13.2 Å². The van der Waals surface area contributed by atoms with Crippen LogP contribution in [0.2, 0.25) is 0 Å². The summed E-state index contributed by atoms with van der Waals surface area (Å²) in [7, 11) is 1.63. The molecule has 0 saturated heterocycles. The number of benzene rings is 1. The number of hydrogen-bond donors (Lipinski definition) is 2. The number of pyridine rings is 1. The maximum Gasteiger partial charge on any atom is 0.416 e. The average molecular weight is 420 g/mol. The van der Waals surface area contributed by atoms with Crippen LogP contribution in [-0.4, -0.2) is 40.3 Å². The second kappa shape index (κ2) is 9.47. The van der Waals surface area contributed by atoms with E-state index < -0.39 is 11.7 Å². The summed E-state index contributed by atoms with van der Waals surface area (Å²) in [4.78, 5) is 4.16. The zero-order valence-electron chi connectivity index (χ0n) is 16.6. The van der Waals surface area contributed by atoms with Crippen molar-refractivity contribution in [1.82, 2.24) is 25.2 Å². The lowest BCUT2D eigenvalue weighted by atomic mass is 10.2. The minimum atomic E-state index is -4.41. The second-order valence-corrected chi connectivity index (χ2v) is 6.53. The first-order valence-electron chi connectivity index (χ1n) is 9.47. The van der Waals surface area contributed by atoms with Crippen LogP contribution in [0.1, 0.15) is 24.7 Å². The molecule has 2 aromatic heterocycles. The molecule has 0 fully saturated rings. The van der Waals surface area contributed by atoms with Gasteiger partial charge in [-0.05, 0) is 36.8 Å². The molecule has 1 atom stereocenters. The van der Waals surface area contributed by atoms with Gasteiger partial charge in [-0.2, -0.15) is 13.2 Å². The van der Waals surface area contributed by atoms with Gasteiger partial charge in [0.15, 0.2) is 17.4 Å². The summed E-state index contributed by atoms with van der Waals surface area (Å²) >= 11 is 0. The van der Waals surface area contributed by atoms with Gasteiger partial charge >= 0.3 is 6.18 Å². The molecule has 0 saturated carbocycles. The summed E-state index contributed by atoms with van der Waals surface area (Å²) in [6.07, 6.45) is -2.26. The van der Waals surface area contributed by atoms with E-state index >= 15 is 0 Å². The highest BCUT2D eigenvalue weighted by atomic mass is 19.4. The molecule has 160 valence electrons. The minimum absolute atomic E-state index is 0.177. The average Bonchev–Trinajstić information content (AvgIpc) is 3.15. The molecule has 0 aliphatic rings. The van der Waals surface area contributed by atoms with Crippen molar-refractivity contribution in [3.8, 4) is 5.75 Å². The van der Waals surface area contributed by atoms with Crippen LogP contribution in [0.15, 0.2) is 53.7 Å². The number of ether oxygens (including phenoxy) is 1. The summed E-state index contributed by atoms with van der Waals surface area (Å²) in [6.45, 7) is 2.67. The van der Waals surface area contributed by atoms with Crippen molar-refractivity contribution in [1.29, 1.82) is 0 Å². The molecule has 1 aromatic carbocycles. The number of guanidine groups is 1. The number of rotatable bonds is 7. The summed E-state index contributed by atoms with van der Waals surface area (Å²) in [5, 5.41) is 14.5. The number of fused-ring (bicyclic) bond motifs is 1. The Hall–Kier alpha value is -3.30. The van der Waals surface area contributed by atoms with Crippen LogP contribution in [0.25, 0.3) is 5.65 Å². The monoisotopic (exact) mass is 420 g/mol. The molecular formula is C20H23F3N6O. The van der Waals surface area contributed by atoms with Crippen LogP contribution < -0.4 is 15.4 Å². The Morgan fingerprint density at radius 2 is 2.00 bits per heavy atom. The third kappa shape index (κ3) is 5.40. The van der Waals surface area contributed by atoms with Gasteiger partial charge in [0, 0.05) is 13.2 Å². The normalized spacial score (nSPS) is 13.3. The molecule has 3 aromatic rings. The fourth-order valence-corrected chi connectivity index (χ4v) is 2.81. The lowest BCUT2D eigenvalue weighted by Gasteiger charge is -2.20. The number of hydrogen-bond acceptors (Lipinski definition) is 4. The number of aromatic nitrogens is 3. The maximum absolute atomic E-state index is 12.9. The standard InChI is InChI=1S/C20H23F3N6O/c1-3-15(30-16-8-6-7-14(11-16)20(21,22)23)12-25-19(24-2)26-13-18-28-27-17-9-4-5-10-29(17)18/h4-11,15H,3,12-13H2,1-2H3,(H2,24,25,26). The summed E-state index contributed by atoms with van der Waals surface area (Å²) in [5.41, 5.74) is 0.0126. The van der Waals surface area contributed by atoms with Gasteiger partial charge in [-0.25, -0.2) is 0 Å². The number of halogens is 3. The highest BCUT2D eigenvalue weighted by molar-refractivity contribution is 5.79. The van der Waals surface area contributed by atoms with Gasteiger partial charge in [0.05, 0.1) is 18.7 Å². The number of aliphatic imine (C=N–C) groups is 1. The van der Waals surface area contributed by atoms with Crippen molar-refractivity contribution in [3.63, 3.8) is 0 Å². The van der Waals surface area contributed by atoms with E-state index in [2.05, 4.69) is 25.8 Å². The molecule has 7 nitrogen and oxygen atoms in total. The lowest BCUT2D eigenvalue weighted by molar-refractivity contribution is -0.137. The van der Waals surface area contributed by atoms with E-state index in [0.717, 1.165) is 23.6 Å². The largest absolute Gasteiger partial charge is 0.489 e. The zero-order valence-corrected chi connectivity index (χ0v) is 16.6. The van der Waals surface area contributed by atoms with Crippen LogP contribution in [0.5, 0.6) is 5.75 Å². The predicted molar refractivity (Wildman–Crippen MR) is 107 cm³/mol. The fourth-order valence-electron chi connectivity index (χ4n) is 2.81. The van der Waals surface area contributed by atoms with Crippen molar-refractivity contribution in [2.45, 2.75) is 32.2 Å². The van der Waals surface area contributed by atoms with Crippen molar-refractivity contribution < 1.29 is 17.9 Å². The van der Waals surface area contributed by atoms with Gasteiger partial charge < -0.3 is 15.4 Å². The Labute approximate surface area is 172 Å². The molecule has 0 aliphatic heterocycles. The van der Waals surface area contributed by atoms with E-state index in [1.54, 1.807) is 7.05 Å². The molecule has 30 heavy (non-hydrogen) atoms. The van der Waals surface area contributed by atoms with Gasteiger partial charge in [0.1, 0.15) is 11.9 Å². The Bertz CT molecular complexity index is 1000. The van der Waals surface area contributed by atoms with Crippen LogP contribution >= 0.6 is 0 Å². The molecule has 10 heteroatoms. The molecule has 0 radical (unpaired) electrons. The minimum Gasteiger partial charge on any atom is -0.489 e. The Balaban J connectivity index is 1.55. The van der Waals surface area contributed by atoms with Crippen molar-refractivity contribution >= 4 is 11.6 Å². The first-order chi connectivity index (χ1) is 14.4. The topological polar surface area (TPSA) is 75.8 Å². The third-order valence-electron chi connectivity index (χ3n) is 4.44. The predicted octanol–water partition coefficient (Wildman–Crippen LogP) is 3.27.